The minimum atomic E-state index is -0.450. The lowest BCUT2D eigenvalue weighted by molar-refractivity contribution is -0.734. The van der Waals surface area contributed by atoms with Crippen LogP contribution in [0, 0.1) is 0 Å². The van der Waals surface area contributed by atoms with E-state index in [4.69, 9.17) is 0 Å². The maximum absolute atomic E-state index is 2.32. The molecule has 0 saturated carbocycles. The topological polar surface area (TPSA) is 7.12 Å². The SMILES string of the molecule is CN(C)c1cc[n+](C(c2ccccc2)(c2ccccc2)c2ccccc2)cc1. The standard InChI is InChI=1S/C26H25N2/c1-27(2)25-18-20-28(21-19-25)26(22-12-6-3-7-13-22,23-14-8-4-9-15-23)24-16-10-5-11-17-24/h3-21H,1-2H3/q+1. The second-order valence-electron chi connectivity index (χ2n) is 7.17. The summed E-state index contributed by atoms with van der Waals surface area (Å²) in [6.07, 6.45) is 4.37. The van der Waals surface area contributed by atoms with Gasteiger partial charge >= 0.3 is 0 Å². The molecule has 0 bridgehead atoms. The van der Waals surface area contributed by atoms with Crippen LogP contribution in [-0.2, 0) is 5.54 Å². The van der Waals surface area contributed by atoms with Crippen LogP contribution in [-0.4, -0.2) is 14.1 Å². The van der Waals surface area contributed by atoms with Crippen molar-refractivity contribution >= 4 is 5.69 Å². The molecule has 0 aliphatic rings. The van der Waals surface area contributed by atoms with Crippen LogP contribution < -0.4 is 9.47 Å². The Morgan fingerprint density at radius 2 is 0.893 bits per heavy atom. The van der Waals surface area contributed by atoms with Crippen molar-refractivity contribution in [1.29, 1.82) is 0 Å². The number of benzene rings is 3. The van der Waals surface area contributed by atoms with Crippen molar-refractivity contribution < 1.29 is 4.57 Å². The zero-order valence-electron chi connectivity index (χ0n) is 16.4. The highest BCUT2D eigenvalue weighted by molar-refractivity contribution is 5.47. The first-order valence-electron chi connectivity index (χ1n) is 9.58. The predicted octanol–water partition coefficient (Wildman–Crippen LogP) is 4.88. The Balaban J connectivity index is 2.07. The lowest BCUT2D eigenvalue weighted by Crippen LogP contribution is -2.58. The van der Waals surface area contributed by atoms with E-state index in [0.29, 0.717) is 0 Å². The van der Waals surface area contributed by atoms with Crippen molar-refractivity contribution in [1.82, 2.24) is 0 Å². The minimum Gasteiger partial charge on any atom is -0.377 e. The van der Waals surface area contributed by atoms with E-state index in [2.05, 4.69) is 139 Å². The molecule has 138 valence electrons. The average molecular weight is 366 g/mol. The highest BCUT2D eigenvalue weighted by atomic mass is 15.1. The number of aromatic nitrogens is 1. The molecule has 0 unspecified atom stereocenters. The summed E-state index contributed by atoms with van der Waals surface area (Å²) in [4.78, 5) is 2.12. The Kier molecular flexibility index (Phi) is 4.94. The lowest BCUT2D eigenvalue weighted by atomic mass is 9.76. The zero-order valence-corrected chi connectivity index (χ0v) is 16.4. The van der Waals surface area contributed by atoms with Crippen molar-refractivity contribution in [2.75, 3.05) is 19.0 Å². The van der Waals surface area contributed by atoms with Gasteiger partial charge < -0.3 is 4.90 Å². The van der Waals surface area contributed by atoms with Gasteiger partial charge in [-0.05, 0) is 0 Å². The summed E-state index contributed by atoms with van der Waals surface area (Å²) in [5.74, 6) is 0. The second-order valence-corrected chi connectivity index (χ2v) is 7.17. The molecule has 0 spiro atoms. The number of anilines is 1. The Morgan fingerprint density at radius 3 is 1.21 bits per heavy atom. The van der Waals surface area contributed by atoms with Gasteiger partial charge in [0.15, 0.2) is 12.4 Å². The molecule has 4 aromatic rings. The summed E-state index contributed by atoms with van der Waals surface area (Å²) in [5, 5.41) is 0. The van der Waals surface area contributed by atoms with E-state index in [1.807, 2.05) is 0 Å². The first-order valence-corrected chi connectivity index (χ1v) is 9.58. The van der Waals surface area contributed by atoms with Crippen molar-refractivity contribution in [2.24, 2.45) is 0 Å². The molecule has 2 heteroatoms. The highest BCUT2D eigenvalue weighted by Gasteiger charge is 2.45. The van der Waals surface area contributed by atoms with Gasteiger partial charge in [-0.15, -0.1) is 0 Å². The number of nitrogens with zero attached hydrogens (tertiary/aromatic N) is 2. The van der Waals surface area contributed by atoms with Crippen molar-refractivity contribution in [3.8, 4) is 0 Å². The summed E-state index contributed by atoms with van der Waals surface area (Å²) in [6.45, 7) is 0. The van der Waals surface area contributed by atoms with E-state index in [1.165, 1.54) is 22.4 Å². The van der Waals surface area contributed by atoms with E-state index >= 15 is 0 Å². The molecule has 0 aliphatic carbocycles. The minimum absolute atomic E-state index is 0.450. The fourth-order valence-corrected chi connectivity index (χ4v) is 3.93. The molecule has 0 atom stereocenters. The van der Waals surface area contributed by atoms with Gasteiger partial charge in [0.2, 0.25) is 5.54 Å². The Labute approximate surface area is 167 Å². The third-order valence-electron chi connectivity index (χ3n) is 5.29. The molecular weight excluding hydrogens is 340 g/mol. The number of rotatable bonds is 5. The Morgan fingerprint density at radius 1 is 0.536 bits per heavy atom. The molecule has 0 radical (unpaired) electrons. The van der Waals surface area contributed by atoms with Gasteiger partial charge in [0.1, 0.15) is 0 Å². The van der Waals surface area contributed by atoms with E-state index in [0.717, 1.165) is 0 Å². The second kappa shape index (κ2) is 7.69. The third kappa shape index (κ3) is 3.07. The van der Waals surface area contributed by atoms with Gasteiger partial charge in [0.05, 0.1) is 0 Å². The highest BCUT2D eigenvalue weighted by Crippen LogP contribution is 2.36. The molecule has 3 aromatic carbocycles. The molecular formula is C26H25N2+. The molecule has 2 nitrogen and oxygen atoms in total. The van der Waals surface area contributed by atoms with Gasteiger partial charge in [-0.25, -0.2) is 0 Å². The van der Waals surface area contributed by atoms with E-state index in [-0.39, 0.29) is 0 Å². The molecule has 0 saturated heterocycles. The zero-order chi connectivity index (χ0) is 19.4. The van der Waals surface area contributed by atoms with Gasteiger partial charge in [0, 0.05) is 48.6 Å². The van der Waals surface area contributed by atoms with Crippen LogP contribution in [0.15, 0.2) is 116 Å². The van der Waals surface area contributed by atoms with E-state index < -0.39 is 5.54 Å². The van der Waals surface area contributed by atoms with E-state index in [9.17, 15) is 0 Å². The van der Waals surface area contributed by atoms with Crippen LogP contribution >= 0.6 is 0 Å². The molecule has 4 rings (SSSR count). The fourth-order valence-electron chi connectivity index (χ4n) is 3.93. The maximum Gasteiger partial charge on any atom is 0.243 e. The van der Waals surface area contributed by atoms with Gasteiger partial charge in [0.25, 0.3) is 0 Å². The van der Waals surface area contributed by atoms with Crippen LogP contribution in [0.5, 0.6) is 0 Å². The predicted molar refractivity (Wildman–Crippen MR) is 116 cm³/mol. The molecule has 1 aromatic heterocycles. The molecule has 0 N–H and O–H groups in total. The number of hydrogen-bond donors (Lipinski definition) is 0. The quantitative estimate of drug-likeness (QED) is 0.361. The summed E-state index contributed by atoms with van der Waals surface area (Å²) < 4.78 is 2.32. The van der Waals surface area contributed by atoms with Crippen LogP contribution in [0.4, 0.5) is 5.69 Å². The summed E-state index contributed by atoms with van der Waals surface area (Å²) in [6, 6.07) is 36.5. The normalized spacial score (nSPS) is 11.2. The van der Waals surface area contributed by atoms with Crippen molar-refractivity contribution in [3.63, 3.8) is 0 Å². The summed E-state index contributed by atoms with van der Waals surface area (Å²) >= 11 is 0. The molecule has 28 heavy (non-hydrogen) atoms. The Hall–Kier alpha value is -3.39. The first kappa shape index (κ1) is 18.0. The summed E-state index contributed by atoms with van der Waals surface area (Å²) in [7, 11) is 4.14. The monoisotopic (exact) mass is 365 g/mol. The van der Waals surface area contributed by atoms with Crippen LogP contribution in [0.3, 0.4) is 0 Å². The maximum atomic E-state index is 2.32. The largest absolute Gasteiger partial charge is 0.377 e. The van der Waals surface area contributed by atoms with Crippen molar-refractivity contribution in [3.05, 3.63) is 132 Å². The number of pyridine rings is 1. The van der Waals surface area contributed by atoms with Gasteiger partial charge in [-0.3, -0.25) is 0 Å². The molecule has 0 aliphatic heterocycles. The molecule has 0 fully saturated rings. The smallest absolute Gasteiger partial charge is 0.243 e. The first-order chi connectivity index (χ1) is 13.7. The third-order valence-corrected chi connectivity index (χ3v) is 5.29. The van der Waals surface area contributed by atoms with E-state index in [1.54, 1.807) is 0 Å². The number of hydrogen-bond acceptors (Lipinski definition) is 1. The average Bonchev–Trinajstić information content (AvgIpc) is 2.77. The van der Waals surface area contributed by atoms with Gasteiger partial charge in [-0.1, -0.05) is 91.0 Å². The molecule has 1 heterocycles. The fraction of sp³-hybridized carbons (Fsp3) is 0.115. The van der Waals surface area contributed by atoms with Crippen molar-refractivity contribution in [2.45, 2.75) is 5.54 Å². The van der Waals surface area contributed by atoms with Crippen LogP contribution in [0.2, 0.25) is 0 Å². The summed E-state index contributed by atoms with van der Waals surface area (Å²) in [5.41, 5.74) is 4.42. The molecule has 0 amide bonds. The lowest BCUT2D eigenvalue weighted by Gasteiger charge is -2.30. The van der Waals surface area contributed by atoms with Crippen LogP contribution in [0.1, 0.15) is 16.7 Å². The Bertz CT molecular complexity index is 912. The van der Waals surface area contributed by atoms with Gasteiger partial charge in [-0.2, -0.15) is 4.57 Å². The van der Waals surface area contributed by atoms with Crippen LogP contribution in [0.25, 0.3) is 0 Å².